The number of rotatable bonds is 1. The van der Waals surface area contributed by atoms with Crippen LogP contribution in [-0.4, -0.2) is 22.9 Å². The summed E-state index contributed by atoms with van der Waals surface area (Å²) in [6.07, 6.45) is -0.756. The Bertz CT molecular complexity index is 435. The average molecular weight is 256 g/mol. The van der Waals surface area contributed by atoms with Gasteiger partial charge in [0, 0.05) is 6.07 Å². The summed E-state index contributed by atoms with van der Waals surface area (Å²) in [6, 6.07) is 0.877. The maximum absolute atomic E-state index is 11.3. The monoisotopic (exact) mass is 256 g/mol. The van der Waals surface area contributed by atoms with E-state index in [9.17, 15) is 9.59 Å². The predicted molar refractivity (Wildman–Crippen MR) is 62.8 cm³/mol. The first-order valence-corrected chi connectivity index (χ1v) is 5.25. The molecule has 3 N–H and O–H groups in total. The Labute approximate surface area is 104 Å². The van der Waals surface area contributed by atoms with Crippen molar-refractivity contribution in [2.45, 2.75) is 33.3 Å². The number of hydrogen-bond donors (Lipinski definition) is 3. The minimum atomic E-state index is -0.756. The minimum Gasteiger partial charge on any atom is -0.443 e. The molecule has 0 fully saturated rings. The molecule has 0 unspecified atom stereocenters. The first kappa shape index (κ1) is 13.8. The van der Waals surface area contributed by atoms with Crippen LogP contribution in [0.4, 0.5) is 15.4 Å². The molecule has 0 aliphatic heterocycles. The zero-order valence-corrected chi connectivity index (χ0v) is 10.7. The number of anilines is 1. The van der Waals surface area contributed by atoms with Crippen molar-refractivity contribution >= 4 is 17.9 Å². The van der Waals surface area contributed by atoms with Gasteiger partial charge in [0.25, 0.3) is 0 Å². The first-order chi connectivity index (χ1) is 8.26. The van der Waals surface area contributed by atoms with Crippen LogP contribution in [0.15, 0.2) is 10.6 Å². The lowest BCUT2D eigenvalue weighted by atomic mass is 10.2. The second-order valence-corrected chi connectivity index (χ2v) is 4.53. The Hall–Kier alpha value is -2.25. The Balaban J connectivity index is 2.31. The molecule has 0 atom stereocenters. The largest absolute Gasteiger partial charge is 0.443 e. The average Bonchev–Trinajstić information content (AvgIpc) is 2.58. The summed E-state index contributed by atoms with van der Waals surface area (Å²) >= 11 is 0. The number of carbonyl (C=O) groups excluding carboxylic acids is 2. The molecular weight excluding hydrogens is 240 g/mol. The highest BCUT2D eigenvalue weighted by Gasteiger charge is 2.16. The van der Waals surface area contributed by atoms with Crippen LogP contribution >= 0.6 is 0 Å². The van der Waals surface area contributed by atoms with Crippen LogP contribution in [0.3, 0.4) is 0 Å². The van der Waals surface area contributed by atoms with Crippen molar-refractivity contribution in [3.8, 4) is 0 Å². The summed E-state index contributed by atoms with van der Waals surface area (Å²) in [5.74, 6) is 0.807. The van der Waals surface area contributed by atoms with Crippen molar-refractivity contribution in [1.82, 2.24) is 16.0 Å². The summed E-state index contributed by atoms with van der Waals surface area (Å²) in [5.41, 5.74) is 3.56. The van der Waals surface area contributed by atoms with Crippen LogP contribution in [0, 0.1) is 6.92 Å². The fraction of sp³-hybridized carbons (Fsp3) is 0.500. The molecule has 0 aliphatic rings. The lowest BCUT2D eigenvalue weighted by molar-refractivity contribution is 0.0506. The number of carbonyl (C=O) groups is 2. The van der Waals surface area contributed by atoms with E-state index in [1.165, 1.54) is 6.07 Å². The van der Waals surface area contributed by atoms with Crippen molar-refractivity contribution in [3.05, 3.63) is 11.8 Å². The molecule has 0 aromatic carbocycles. The van der Waals surface area contributed by atoms with Gasteiger partial charge in [-0.25, -0.2) is 20.4 Å². The SMILES string of the molecule is Cc1cc(NC(=O)NNC(=O)OC(C)(C)C)no1. The summed E-state index contributed by atoms with van der Waals surface area (Å²) in [6.45, 7) is 6.83. The van der Waals surface area contributed by atoms with Crippen molar-refractivity contribution in [2.24, 2.45) is 0 Å². The molecule has 100 valence electrons. The molecule has 0 spiro atoms. The number of hydrazine groups is 1. The third kappa shape index (κ3) is 5.19. The van der Waals surface area contributed by atoms with Crippen LogP contribution < -0.4 is 16.2 Å². The van der Waals surface area contributed by atoms with Gasteiger partial charge in [-0.1, -0.05) is 5.16 Å². The van der Waals surface area contributed by atoms with Gasteiger partial charge in [-0.3, -0.25) is 5.32 Å². The number of urea groups is 1. The highest BCUT2D eigenvalue weighted by molar-refractivity contribution is 5.89. The third-order valence-electron chi connectivity index (χ3n) is 1.55. The van der Waals surface area contributed by atoms with E-state index < -0.39 is 17.7 Å². The fourth-order valence-corrected chi connectivity index (χ4v) is 0.984. The van der Waals surface area contributed by atoms with Crippen molar-refractivity contribution in [1.29, 1.82) is 0 Å². The van der Waals surface area contributed by atoms with Gasteiger partial charge in [0.15, 0.2) is 5.82 Å². The molecule has 0 saturated heterocycles. The van der Waals surface area contributed by atoms with E-state index in [1.54, 1.807) is 27.7 Å². The number of nitrogens with zero attached hydrogens (tertiary/aromatic N) is 1. The van der Waals surface area contributed by atoms with Gasteiger partial charge in [0.05, 0.1) is 0 Å². The Morgan fingerprint density at radius 3 is 2.50 bits per heavy atom. The van der Waals surface area contributed by atoms with Gasteiger partial charge >= 0.3 is 12.1 Å². The number of aryl methyl sites for hydroxylation is 1. The van der Waals surface area contributed by atoms with E-state index in [0.29, 0.717) is 5.76 Å². The maximum Gasteiger partial charge on any atom is 0.426 e. The van der Waals surface area contributed by atoms with E-state index in [1.807, 2.05) is 0 Å². The van der Waals surface area contributed by atoms with Crippen LogP contribution in [0.25, 0.3) is 0 Å². The van der Waals surface area contributed by atoms with Gasteiger partial charge < -0.3 is 9.26 Å². The molecular formula is C10H16N4O4. The standard InChI is InChI=1S/C10H16N4O4/c1-6-5-7(14-18-6)11-8(15)12-13-9(16)17-10(2,3)4/h5H,1-4H3,(H,13,16)(H2,11,12,14,15). The lowest BCUT2D eigenvalue weighted by Crippen LogP contribution is -2.46. The summed E-state index contributed by atoms with van der Waals surface area (Å²) in [5, 5.41) is 5.91. The zero-order chi connectivity index (χ0) is 13.8. The van der Waals surface area contributed by atoms with Crippen molar-refractivity contribution < 1.29 is 18.8 Å². The highest BCUT2D eigenvalue weighted by Crippen LogP contribution is 2.07. The Morgan fingerprint density at radius 1 is 1.33 bits per heavy atom. The summed E-state index contributed by atoms with van der Waals surface area (Å²) in [4.78, 5) is 22.5. The molecule has 3 amide bonds. The summed E-state index contributed by atoms with van der Waals surface area (Å²) < 4.78 is 9.67. The molecule has 8 heteroatoms. The molecule has 8 nitrogen and oxygen atoms in total. The Kier molecular flexibility index (Phi) is 4.13. The first-order valence-electron chi connectivity index (χ1n) is 5.25. The molecule has 0 aliphatic carbocycles. The van der Waals surface area contributed by atoms with Gasteiger partial charge in [-0.2, -0.15) is 0 Å². The molecule has 0 radical (unpaired) electrons. The van der Waals surface area contributed by atoms with Crippen LogP contribution in [0.5, 0.6) is 0 Å². The summed E-state index contributed by atoms with van der Waals surface area (Å²) in [7, 11) is 0. The number of amides is 3. The molecule has 18 heavy (non-hydrogen) atoms. The number of nitrogens with one attached hydrogen (secondary N) is 3. The molecule has 0 bridgehead atoms. The highest BCUT2D eigenvalue weighted by atomic mass is 16.6. The fourth-order valence-electron chi connectivity index (χ4n) is 0.984. The smallest absolute Gasteiger partial charge is 0.426 e. The maximum atomic E-state index is 11.3. The molecule has 1 rings (SSSR count). The van der Waals surface area contributed by atoms with Gasteiger partial charge in [-0.15, -0.1) is 0 Å². The topological polar surface area (TPSA) is 105 Å². The third-order valence-corrected chi connectivity index (χ3v) is 1.55. The number of hydrogen-bond acceptors (Lipinski definition) is 5. The van der Waals surface area contributed by atoms with E-state index in [2.05, 4.69) is 21.3 Å². The van der Waals surface area contributed by atoms with Crippen LogP contribution in [0.2, 0.25) is 0 Å². The zero-order valence-electron chi connectivity index (χ0n) is 10.7. The van der Waals surface area contributed by atoms with Crippen molar-refractivity contribution in [2.75, 3.05) is 5.32 Å². The molecule has 0 saturated carbocycles. The van der Waals surface area contributed by atoms with E-state index in [4.69, 9.17) is 9.26 Å². The van der Waals surface area contributed by atoms with Crippen LogP contribution in [-0.2, 0) is 4.74 Å². The molecule has 1 aromatic heterocycles. The van der Waals surface area contributed by atoms with E-state index >= 15 is 0 Å². The minimum absolute atomic E-state index is 0.246. The lowest BCUT2D eigenvalue weighted by Gasteiger charge is -2.19. The van der Waals surface area contributed by atoms with Crippen molar-refractivity contribution in [3.63, 3.8) is 0 Å². The van der Waals surface area contributed by atoms with Crippen LogP contribution in [0.1, 0.15) is 26.5 Å². The molecule has 1 aromatic rings. The van der Waals surface area contributed by atoms with Gasteiger partial charge in [0.1, 0.15) is 11.4 Å². The number of ether oxygens (including phenoxy) is 1. The van der Waals surface area contributed by atoms with E-state index in [-0.39, 0.29) is 5.82 Å². The quantitative estimate of drug-likeness (QED) is 0.661. The molecule has 1 heterocycles. The second-order valence-electron chi connectivity index (χ2n) is 4.53. The normalized spacial score (nSPS) is 10.7. The second kappa shape index (κ2) is 5.39. The van der Waals surface area contributed by atoms with E-state index in [0.717, 1.165) is 0 Å². The number of aromatic nitrogens is 1. The predicted octanol–water partition coefficient (Wildman–Crippen LogP) is 1.54. The van der Waals surface area contributed by atoms with Gasteiger partial charge in [0.2, 0.25) is 0 Å². The Morgan fingerprint density at radius 2 is 2.00 bits per heavy atom. The van der Waals surface area contributed by atoms with Gasteiger partial charge in [-0.05, 0) is 27.7 Å².